The van der Waals surface area contributed by atoms with Crippen LogP contribution in [0.2, 0.25) is 10.2 Å². The first-order valence-electron chi connectivity index (χ1n) is 7.41. The number of carbonyl (C=O) groups is 2. The highest BCUT2D eigenvalue weighted by Gasteiger charge is 2.30. The highest BCUT2D eigenvalue weighted by Crippen LogP contribution is 2.25. The van der Waals surface area contributed by atoms with Crippen LogP contribution in [0.3, 0.4) is 0 Å². The van der Waals surface area contributed by atoms with Crippen LogP contribution in [0.4, 0.5) is 0 Å². The van der Waals surface area contributed by atoms with Crippen molar-refractivity contribution in [2.45, 2.75) is 32.7 Å². The van der Waals surface area contributed by atoms with E-state index >= 15 is 0 Å². The average molecular weight is 346 g/mol. The number of nitrogens with one attached hydrogen (secondary N) is 1. The molecule has 2 heterocycles. The zero-order chi connectivity index (χ0) is 16.4. The number of piperidine rings is 1. The van der Waals surface area contributed by atoms with Gasteiger partial charge in [-0.2, -0.15) is 0 Å². The van der Waals surface area contributed by atoms with E-state index in [-0.39, 0.29) is 28.9 Å². The molecule has 2 rings (SSSR count). The van der Waals surface area contributed by atoms with Crippen molar-refractivity contribution in [3.8, 4) is 0 Å². The van der Waals surface area contributed by atoms with Crippen LogP contribution < -0.4 is 0 Å². The maximum atomic E-state index is 12.4. The summed E-state index contributed by atoms with van der Waals surface area (Å²) in [6.07, 6.45) is 1.37. The zero-order valence-corrected chi connectivity index (χ0v) is 14.5. The van der Waals surface area contributed by atoms with Crippen LogP contribution in [-0.2, 0) is 4.79 Å². The lowest BCUT2D eigenvalue weighted by molar-refractivity contribution is -0.137. The maximum Gasteiger partial charge on any atom is 0.270 e. The third-order valence-electron chi connectivity index (χ3n) is 4.21. The van der Waals surface area contributed by atoms with Crippen molar-refractivity contribution in [1.29, 1.82) is 0 Å². The zero-order valence-electron chi connectivity index (χ0n) is 13.0. The molecule has 0 unspecified atom stereocenters. The summed E-state index contributed by atoms with van der Waals surface area (Å²) >= 11 is 11.7. The number of likely N-dealkylation sites (tertiary alicyclic amines) is 1. The normalized spacial score (nSPS) is 16.2. The Balaban J connectivity index is 1.94. The third kappa shape index (κ3) is 3.58. The lowest BCUT2D eigenvalue weighted by atomic mass is 9.95. The van der Waals surface area contributed by atoms with E-state index in [4.69, 9.17) is 23.2 Å². The number of aromatic amines is 1. The molecular weight excluding hydrogens is 325 g/mol. The molecule has 7 heteroatoms. The minimum atomic E-state index is -0.128. The van der Waals surface area contributed by atoms with Gasteiger partial charge in [-0.15, -0.1) is 0 Å². The molecule has 2 amide bonds. The highest BCUT2D eigenvalue weighted by atomic mass is 35.5. The van der Waals surface area contributed by atoms with Gasteiger partial charge in [-0.05, 0) is 32.8 Å². The second-order valence-electron chi connectivity index (χ2n) is 5.95. The lowest BCUT2D eigenvalue weighted by Crippen LogP contribution is -2.45. The van der Waals surface area contributed by atoms with Gasteiger partial charge >= 0.3 is 0 Å². The van der Waals surface area contributed by atoms with Gasteiger partial charge in [-0.3, -0.25) is 9.59 Å². The second-order valence-corrected chi connectivity index (χ2v) is 6.74. The van der Waals surface area contributed by atoms with Crippen LogP contribution in [0.1, 0.15) is 37.2 Å². The van der Waals surface area contributed by atoms with Gasteiger partial charge in [-0.1, -0.05) is 23.2 Å². The van der Waals surface area contributed by atoms with Gasteiger partial charge in [0, 0.05) is 32.1 Å². The van der Waals surface area contributed by atoms with E-state index in [1.165, 1.54) is 6.07 Å². The Morgan fingerprint density at radius 2 is 1.91 bits per heavy atom. The fourth-order valence-electron chi connectivity index (χ4n) is 2.56. The minimum absolute atomic E-state index is 0.00716. The number of hydrogen-bond donors (Lipinski definition) is 1. The Bertz CT molecular complexity index is 544. The SMILES string of the molecule is CC(C)N(C)C(=O)C1CCN(C(=O)c2cc(Cl)c(Cl)[nH]2)CC1. The first-order chi connectivity index (χ1) is 10.3. The smallest absolute Gasteiger partial charge is 0.270 e. The summed E-state index contributed by atoms with van der Waals surface area (Å²) in [5.41, 5.74) is 0.388. The predicted molar refractivity (Wildman–Crippen MR) is 87.3 cm³/mol. The van der Waals surface area contributed by atoms with Crippen LogP contribution in [0.5, 0.6) is 0 Å². The molecule has 0 bridgehead atoms. The van der Waals surface area contributed by atoms with Gasteiger partial charge in [0.1, 0.15) is 10.8 Å². The van der Waals surface area contributed by atoms with E-state index in [1.54, 1.807) is 9.80 Å². The molecule has 0 aromatic carbocycles. The van der Waals surface area contributed by atoms with E-state index in [1.807, 2.05) is 20.9 Å². The van der Waals surface area contributed by atoms with E-state index in [0.29, 0.717) is 36.6 Å². The molecule has 0 atom stereocenters. The standard InChI is InChI=1S/C15H21Cl2N3O2/c1-9(2)19(3)14(21)10-4-6-20(7-5-10)15(22)12-8-11(16)13(17)18-12/h8-10,18H,4-7H2,1-3H3. The number of aromatic nitrogens is 1. The Kier molecular flexibility index (Phi) is 5.40. The molecule has 1 N–H and O–H groups in total. The Labute approximate surface area is 140 Å². The molecule has 0 saturated carbocycles. The van der Waals surface area contributed by atoms with Crippen molar-refractivity contribution >= 4 is 35.0 Å². The molecule has 1 aromatic rings. The van der Waals surface area contributed by atoms with Gasteiger partial charge in [0.25, 0.3) is 5.91 Å². The summed E-state index contributed by atoms with van der Waals surface area (Å²) in [7, 11) is 1.83. The van der Waals surface area contributed by atoms with E-state index < -0.39 is 0 Å². The van der Waals surface area contributed by atoms with Crippen LogP contribution in [-0.4, -0.2) is 52.8 Å². The topological polar surface area (TPSA) is 56.4 Å². The fourth-order valence-corrected chi connectivity index (χ4v) is 2.87. The van der Waals surface area contributed by atoms with Gasteiger partial charge in [-0.25, -0.2) is 0 Å². The van der Waals surface area contributed by atoms with E-state index in [2.05, 4.69) is 4.98 Å². The molecule has 122 valence electrons. The number of H-pyrrole nitrogens is 1. The molecule has 1 aliphatic heterocycles. The molecule has 1 aliphatic rings. The van der Waals surface area contributed by atoms with Gasteiger partial charge < -0.3 is 14.8 Å². The van der Waals surface area contributed by atoms with E-state index in [9.17, 15) is 9.59 Å². The van der Waals surface area contributed by atoms with Crippen molar-refractivity contribution in [2.75, 3.05) is 20.1 Å². The van der Waals surface area contributed by atoms with Crippen molar-refractivity contribution in [2.24, 2.45) is 5.92 Å². The van der Waals surface area contributed by atoms with Crippen LogP contribution >= 0.6 is 23.2 Å². The first-order valence-corrected chi connectivity index (χ1v) is 8.16. The minimum Gasteiger partial charge on any atom is -0.343 e. The lowest BCUT2D eigenvalue weighted by Gasteiger charge is -2.34. The van der Waals surface area contributed by atoms with Crippen molar-refractivity contribution in [1.82, 2.24) is 14.8 Å². The van der Waals surface area contributed by atoms with Crippen molar-refractivity contribution in [3.63, 3.8) is 0 Å². The van der Waals surface area contributed by atoms with Crippen molar-refractivity contribution in [3.05, 3.63) is 21.9 Å². The quantitative estimate of drug-likeness (QED) is 0.915. The monoisotopic (exact) mass is 345 g/mol. The number of amides is 2. The van der Waals surface area contributed by atoms with Crippen molar-refractivity contribution < 1.29 is 9.59 Å². The average Bonchev–Trinajstić information content (AvgIpc) is 2.84. The Morgan fingerprint density at radius 1 is 1.32 bits per heavy atom. The van der Waals surface area contributed by atoms with Gasteiger partial charge in [0.05, 0.1) is 5.02 Å². The van der Waals surface area contributed by atoms with Gasteiger partial charge in [0.2, 0.25) is 5.91 Å². The molecule has 0 aliphatic carbocycles. The summed E-state index contributed by atoms with van der Waals surface area (Å²) < 4.78 is 0. The number of carbonyl (C=O) groups excluding carboxylic acids is 2. The third-order valence-corrected chi connectivity index (χ3v) is 4.90. The first kappa shape index (κ1) is 17.2. The predicted octanol–water partition coefficient (Wildman–Crippen LogP) is 3.04. The number of rotatable bonds is 3. The molecule has 5 nitrogen and oxygen atoms in total. The molecule has 1 aromatic heterocycles. The van der Waals surface area contributed by atoms with Crippen LogP contribution in [0, 0.1) is 5.92 Å². The summed E-state index contributed by atoms with van der Waals surface area (Å²) in [6, 6.07) is 1.73. The second kappa shape index (κ2) is 6.92. The Morgan fingerprint density at radius 3 is 2.36 bits per heavy atom. The number of hydrogen-bond acceptors (Lipinski definition) is 2. The number of nitrogens with zero attached hydrogens (tertiary/aromatic N) is 2. The summed E-state index contributed by atoms with van der Waals surface area (Å²) in [6.45, 7) is 5.12. The summed E-state index contributed by atoms with van der Waals surface area (Å²) in [4.78, 5) is 31.0. The molecule has 0 radical (unpaired) electrons. The largest absolute Gasteiger partial charge is 0.343 e. The highest BCUT2D eigenvalue weighted by molar-refractivity contribution is 6.41. The summed E-state index contributed by atoms with van der Waals surface area (Å²) in [5.74, 6) is 0.0252. The molecule has 0 spiro atoms. The Hall–Kier alpha value is -1.20. The van der Waals surface area contributed by atoms with Crippen LogP contribution in [0.15, 0.2) is 6.07 Å². The molecular formula is C15H21Cl2N3O2. The molecule has 1 fully saturated rings. The summed E-state index contributed by atoms with van der Waals surface area (Å²) in [5, 5.41) is 0.613. The maximum absolute atomic E-state index is 12.4. The molecule has 22 heavy (non-hydrogen) atoms. The van der Waals surface area contributed by atoms with Gasteiger partial charge in [0.15, 0.2) is 0 Å². The molecule has 1 saturated heterocycles. The van der Waals surface area contributed by atoms with Crippen LogP contribution in [0.25, 0.3) is 0 Å². The fraction of sp³-hybridized carbons (Fsp3) is 0.600. The number of halogens is 2. The van der Waals surface area contributed by atoms with E-state index in [0.717, 1.165) is 0 Å².